The number of nitrogens with zero attached hydrogens (tertiary/aromatic N) is 5. The number of nitrogen functional groups attached to an aromatic ring is 1. The van der Waals surface area contributed by atoms with Crippen molar-refractivity contribution in [2.45, 2.75) is 63.8 Å². The van der Waals surface area contributed by atoms with Gasteiger partial charge in [-0.1, -0.05) is 24.4 Å². The third-order valence-corrected chi connectivity index (χ3v) is 8.54. The third-order valence-electron chi connectivity index (χ3n) is 7.53. The molecule has 0 radical (unpaired) electrons. The fourth-order valence-corrected chi connectivity index (χ4v) is 6.27. The largest absolute Gasteiger partial charge is 0.488 e. The monoisotopic (exact) mass is 620 g/mol. The minimum absolute atomic E-state index is 0.00944. The number of nitrogens with two attached hydrogens (primary N) is 1. The van der Waals surface area contributed by atoms with E-state index in [1.165, 1.54) is 51.3 Å². The number of carbonyl (C=O) groups is 2. The first-order valence-electron chi connectivity index (χ1n) is 13.5. The number of hydroxylamine groups is 2. The minimum atomic E-state index is -4.91. The lowest BCUT2D eigenvalue weighted by molar-refractivity contribution is -0.228. The number of hydrogen-bond acceptors (Lipinski definition) is 12. The predicted octanol–water partition coefficient (Wildman–Crippen LogP) is 3.15. The van der Waals surface area contributed by atoms with Crippen LogP contribution in [0.4, 0.5) is 5.13 Å². The molecule has 226 valence electrons. The minimum Gasteiger partial charge on any atom is -0.488 e. The molecule has 2 fully saturated rings. The van der Waals surface area contributed by atoms with E-state index in [0.29, 0.717) is 16.7 Å². The smallest absolute Gasteiger partial charge is 0.418 e. The van der Waals surface area contributed by atoms with Gasteiger partial charge in [0.15, 0.2) is 23.2 Å². The van der Waals surface area contributed by atoms with Crippen molar-refractivity contribution in [3.05, 3.63) is 41.3 Å². The van der Waals surface area contributed by atoms with E-state index in [2.05, 4.69) is 20.6 Å². The Morgan fingerprint density at radius 2 is 1.95 bits per heavy atom. The van der Waals surface area contributed by atoms with Crippen LogP contribution in [0, 0.1) is 5.92 Å². The number of Topliss-reactive ketones (excluding diaryl/α,β-unsaturated/α-hetero) is 1. The van der Waals surface area contributed by atoms with Gasteiger partial charge in [0.05, 0.1) is 23.3 Å². The van der Waals surface area contributed by atoms with Crippen LogP contribution in [0.3, 0.4) is 0 Å². The van der Waals surface area contributed by atoms with Crippen LogP contribution in [-0.4, -0.2) is 68.6 Å². The molecule has 4 heterocycles. The molecule has 1 aliphatic heterocycles. The summed E-state index contributed by atoms with van der Waals surface area (Å²) in [6, 6.07) is 3.73. The lowest BCUT2D eigenvalue weighted by Crippen LogP contribution is -2.68. The van der Waals surface area contributed by atoms with Gasteiger partial charge in [-0.15, -0.1) is 15.6 Å². The van der Waals surface area contributed by atoms with Crippen molar-refractivity contribution < 1.29 is 36.4 Å². The van der Waals surface area contributed by atoms with Gasteiger partial charge >= 0.3 is 10.4 Å². The van der Waals surface area contributed by atoms with Crippen LogP contribution in [0.2, 0.25) is 0 Å². The van der Waals surface area contributed by atoms with Gasteiger partial charge in [-0.2, -0.15) is 13.5 Å². The molecule has 16 heteroatoms. The van der Waals surface area contributed by atoms with Crippen molar-refractivity contribution in [1.82, 2.24) is 19.4 Å². The van der Waals surface area contributed by atoms with Crippen molar-refractivity contribution in [2.24, 2.45) is 11.1 Å². The van der Waals surface area contributed by atoms with Crippen molar-refractivity contribution in [2.75, 3.05) is 18.9 Å². The topological polar surface area (TPSA) is 188 Å². The molecule has 3 aromatic rings. The molecule has 1 aliphatic carbocycles. The maximum Gasteiger partial charge on any atom is 0.418 e. The fourth-order valence-electron chi connectivity index (χ4n) is 5.26. The van der Waals surface area contributed by atoms with Crippen LogP contribution in [0.25, 0.3) is 5.65 Å². The van der Waals surface area contributed by atoms with E-state index in [1.807, 2.05) is 22.7 Å². The SMILES string of the molecule is CC1(C)C(CC(=O)/C(=N\OCCOc2ccc3nc(C4CCCCC4)cn3c2)c2csc(N)n2)C(=O)N1OS(=O)(=O)O. The zero-order valence-corrected chi connectivity index (χ0v) is 24.8. The maximum absolute atomic E-state index is 13.2. The van der Waals surface area contributed by atoms with E-state index in [0.717, 1.165) is 22.7 Å². The predicted molar refractivity (Wildman–Crippen MR) is 152 cm³/mol. The molecule has 5 rings (SSSR count). The molecule has 1 unspecified atom stereocenters. The summed E-state index contributed by atoms with van der Waals surface area (Å²) in [4.78, 5) is 40.0. The lowest BCUT2D eigenvalue weighted by Gasteiger charge is -2.50. The number of rotatable bonds is 12. The van der Waals surface area contributed by atoms with Crippen molar-refractivity contribution >= 4 is 49.9 Å². The first kappa shape index (κ1) is 29.9. The molecule has 1 saturated carbocycles. The average molecular weight is 621 g/mol. The summed E-state index contributed by atoms with van der Waals surface area (Å²) in [5.74, 6) is -1.17. The molecule has 3 aromatic heterocycles. The summed E-state index contributed by atoms with van der Waals surface area (Å²) in [6.07, 6.45) is 9.67. The summed E-state index contributed by atoms with van der Waals surface area (Å²) in [7, 11) is -4.91. The number of carbonyl (C=O) groups excluding carboxylic acids is 2. The number of amides is 1. The number of ether oxygens (including phenoxy) is 1. The van der Waals surface area contributed by atoms with Crippen LogP contribution in [0.15, 0.2) is 35.1 Å². The number of thiazole rings is 1. The number of ketones is 1. The standard InChI is InChI=1S/C26H32N6O8S2/c1-26(2)18(24(34)32(26)40-42(35,36)37)12-21(33)23(20-15-41-25(27)29-20)30-39-11-10-38-17-8-9-22-28-19(14-31(22)13-17)16-6-4-3-5-7-16/h8-9,13-16,18H,3-7,10-12H2,1-2H3,(H2,27,29)(H,35,36,37)/b30-23-. The Bertz CT molecular complexity index is 1610. The lowest BCUT2D eigenvalue weighted by atomic mass is 9.74. The second-order valence-corrected chi connectivity index (χ2v) is 12.7. The molecule has 2 aliphatic rings. The van der Waals surface area contributed by atoms with Gasteiger partial charge in [-0.25, -0.2) is 9.97 Å². The third kappa shape index (κ3) is 6.56. The highest BCUT2D eigenvalue weighted by Crippen LogP contribution is 2.40. The molecule has 42 heavy (non-hydrogen) atoms. The van der Waals surface area contributed by atoms with Gasteiger partial charge in [0, 0.05) is 23.9 Å². The van der Waals surface area contributed by atoms with E-state index in [-0.39, 0.29) is 36.2 Å². The average Bonchev–Trinajstić information content (AvgIpc) is 3.58. The van der Waals surface area contributed by atoms with E-state index in [1.54, 1.807) is 0 Å². The summed E-state index contributed by atoms with van der Waals surface area (Å²) >= 11 is 1.10. The Labute approximate surface area is 246 Å². The molecule has 0 aromatic carbocycles. The van der Waals surface area contributed by atoms with Gasteiger partial charge in [-0.3, -0.25) is 14.1 Å². The number of anilines is 1. The van der Waals surface area contributed by atoms with Crippen LogP contribution in [0.1, 0.15) is 69.7 Å². The molecule has 0 spiro atoms. The quantitative estimate of drug-likeness (QED) is 0.0995. The zero-order chi connectivity index (χ0) is 30.1. The number of aromatic nitrogens is 3. The first-order chi connectivity index (χ1) is 19.9. The number of β-lactam (4-membered cyclic amide) rings is 1. The number of oxime groups is 1. The Kier molecular flexibility index (Phi) is 8.50. The summed E-state index contributed by atoms with van der Waals surface area (Å²) < 4.78 is 43.2. The van der Waals surface area contributed by atoms with E-state index >= 15 is 0 Å². The van der Waals surface area contributed by atoms with Crippen LogP contribution in [0.5, 0.6) is 5.75 Å². The number of fused-ring (bicyclic) bond motifs is 1. The van der Waals surface area contributed by atoms with Gasteiger partial charge in [0.2, 0.25) is 0 Å². The van der Waals surface area contributed by atoms with Crippen molar-refractivity contribution in [3.63, 3.8) is 0 Å². The van der Waals surface area contributed by atoms with E-state index < -0.39 is 33.5 Å². The van der Waals surface area contributed by atoms with Crippen molar-refractivity contribution in [1.29, 1.82) is 0 Å². The highest BCUT2D eigenvalue weighted by Gasteiger charge is 2.57. The Morgan fingerprint density at radius 3 is 2.62 bits per heavy atom. The van der Waals surface area contributed by atoms with Crippen LogP contribution in [-0.2, 0) is 29.1 Å². The maximum atomic E-state index is 13.2. The highest BCUT2D eigenvalue weighted by molar-refractivity contribution is 7.80. The van der Waals surface area contributed by atoms with Gasteiger partial charge < -0.3 is 19.7 Å². The molecule has 14 nitrogen and oxygen atoms in total. The molecule has 1 atom stereocenters. The van der Waals surface area contributed by atoms with Crippen LogP contribution >= 0.6 is 11.3 Å². The van der Waals surface area contributed by atoms with Gasteiger partial charge in [0.1, 0.15) is 23.7 Å². The molecular weight excluding hydrogens is 588 g/mol. The Hall–Kier alpha value is -3.60. The molecule has 3 N–H and O–H groups in total. The van der Waals surface area contributed by atoms with Gasteiger partial charge in [-0.05, 0) is 38.8 Å². The highest BCUT2D eigenvalue weighted by atomic mass is 32.3. The normalized spacial score (nSPS) is 19.6. The van der Waals surface area contributed by atoms with Gasteiger partial charge in [0.25, 0.3) is 5.91 Å². The summed E-state index contributed by atoms with van der Waals surface area (Å²) in [5, 5.41) is 6.24. The molecule has 1 saturated heterocycles. The van der Waals surface area contributed by atoms with E-state index in [4.69, 9.17) is 24.8 Å². The number of hydrogen-bond donors (Lipinski definition) is 2. The number of pyridine rings is 1. The zero-order valence-electron chi connectivity index (χ0n) is 23.1. The molecule has 0 bridgehead atoms. The Balaban J connectivity index is 1.19. The van der Waals surface area contributed by atoms with E-state index in [9.17, 15) is 18.0 Å². The molecule has 1 amide bonds. The fraction of sp³-hybridized carbons (Fsp3) is 0.500. The summed E-state index contributed by atoms with van der Waals surface area (Å²) in [6.45, 7) is 3.15. The second kappa shape index (κ2) is 11.9. The Morgan fingerprint density at radius 1 is 1.19 bits per heavy atom. The molecular formula is C26H32N6O8S2. The first-order valence-corrected chi connectivity index (χ1v) is 15.7. The number of imidazole rings is 1. The second-order valence-electron chi connectivity index (χ2n) is 10.8. The van der Waals surface area contributed by atoms with Crippen molar-refractivity contribution in [3.8, 4) is 5.75 Å². The van der Waals surface area contributed by atoms with Crippen LogP contribution < -0.4 is 10.5 Å². The summed E-state index contributed by atoms with van der Waals surface area (Å²) in [5.41, 5.74) is 6.54.